The van der Waals surface area contributed by atoms with Crippen molar-refractivity contribution in [3.05, 3.63) is 29.3 Å². The first-order chi connectivity index (χ1) is 14.7. The van der Waals surface area contributed by atoms with E-state index in [2.05, 4.69) is 37.2 Å². The van der Waals surface area contributed by atoms with E-state index in [0.717, 1.165) is 17.5 Å². The minimum Gasteiger partial charge on any atom is -0.456 e. The second kappa shape index (κ2) is 8.65. The van der Waals surface area contributed by atoms with Crippen LogP contribution in [0.2, 0.25) is 0 Å². The summed E-state index contributed by atoms with van der Waals surface area (Å²) in [6.07, 6.45) is 0.739. The normalized spacial score (nSPS) is 31.2. The molecule has 1 aliphatic heterocycles. The summed E-state index contributed by atoms with van der Waals surface area (Å²) in [7, 11) is 0. The molecule has 9 heteroatoms. The molecular formula is C22H24Br2N2O5. The molecule has 0 aromatic heterocycles. The number of imide groups is 1. The number of aryl methyl sites for hydroxylation is 2. The van der Waals surface area contributed by atoms with Crippen molar-refractivity contribution in [3.8, 4) is 0 Å². The molecule has 6 atom stereocenters. The highest BCUT2D eigenvalue weighted by Crippen LogP contribution is 2.60. The van der Waals surface area contributed by atoms with Gasteiger partial charge in [0.25, 0.3) is 5.91 Å². The van der Waals surface area contributed by atoms with Crippen LogP contribution in [0.4, 0.5) is 5.69 Å². The Morgan fingerprint density at radius 3 is 2.16 bits per heavy atom. The molecule has 166 valence electrons. The minimum atomic E-state index is -0.617. The number of nitrogens with zero attached hydrogens (tertiary/aromatic N) is 1. The summed E-state index contributed by atoms with van der Waals surface area (Å²) in [6.45, 7) is 3.34. The van der Waals surface area contributed by atoms with E-state index in [-0.39, 0.29) is 58.1 Å². The molecule has 1 N–H and O–H groups in total. The third-order valence-electron chi connectivity index (χ3n) is 6.73. The molecule has 3 aliphatic rings. The standard InChI is InChI=1S/C22H24Br2N2O5/c1-10-4-3-5-11(2)20(10)25-14(27)9-31-15(28)6-7-26-21(29)16-12-8-13(17(16)22(26)30)19(24)18(12)23/h3-5,12-13,16-19H,6-9H2,1-2H3,(H,25,27)/t12-,13-,16-,17-,18+,19+/m1/s1. The van der Waals surface area contributed by atoms with Gasteiger partial charge in [0.15, 0.2) is 6.61 Å². The van der Waals surface area contributed by atoms with Gasteiger partial charge in [-0.15, -0.1) is 0 Å². The van der Waals surface area contributed by atoms with Crippen LogP contribution in [-0.2, 0) is 23.9 Å². The minimum absolute atomic E-state index is 0.0125. The number of fused-ring (bicyclic) bond motifs is 5. The molecule has 0 spiro atoms. The van der Waals surface area contributed by atoms with Crippen LogP contribution >= 0.6 is 31.9 Å². The summed E-state index contributed by atoms with van der Waals surface area (Å²) in [5, 5.41) is 2.75. The number of carbonyl (C=O) groups excluding carboxylic acids is 4. The van der Waals surface area contributed by atoms with Gasteiger partial charge in [-0.1, -0.05) is 50.1 Å². The largest absolute Gasteiger partial charge is 0.456 e. The summed E-state index contributed by atoms with van der Waals surface area (Å²) in [5.41, 5.74) is 2.54. The molecule has 7 nitrogen and oxygen atoms in total. The molecule has 0 unspecified atom stereocenters. The van der Waals surface area contributed by atoms with Crippen molar-refractivity contribution < 1.29 is 23.9 Å². The highest BCUT2D eigenvalue weighted by atomic mass is 79.9. The molecule has 2 bridgehead atoms. The maximum Gasteiger partial charge on any atom is 0.308 e. The fourth-order valence-electron chi connectivity index (χ4n) is 5.24. The van der Waals surface area contributed by atoms with Crippen LogP contribution in [0.15, 0.2) is 18.2 Å². The zero-order valence-corrected chi connectivity index (χ0v) is 20.4. The molecule has 4 rings (SSSR count). The van der Waals surface area contributed by atoms with Gasteiger partial charge in [-0.05, 0) is 43.2 Å². The molecule has 0 radical (unpaired) electrons. The quantitative estimate of drug-likeness (QED) is 0.331. The number of nitrogens with one attached hydrogen (secondary N) is 1. The Labute approximate surface area is 197 Å². The molecule has 31 heavy (non-hydrogen) atoms. The van der Waals surface area contributed by atoms with E-state index >= 15 is 0 Å². The monoisotopic (exact) mass is 554 g/mol. The van der Waals surface area contributed by atoms with Gasteiger partial charge in [0, 0.05) is 21.9 Å². The van der Waals surface area contributed by atoms with Crippen LogP contribution in [0.1, 0.15) is 24.0 Å². The van der Waals surface area contributed by atoms with Crippen molar-refractivity contribution in [3.63, 3.8) is 0 Å². The highest BCUT2D eigenvalue weighted by Gasteiger charge is 2.66. The summed E-state index contributed by atoms with van der Waals surface area (Å²) < 4.78 is 5.05. The molecule has 1 aromatic carbocycles. The first-order valence-electron chi connectivity index (χ1n) is 10.4. The molecule has 1 saturated heterocycles. The fraction of sp³-hybridized carbons (Fsp3) is 0.545. The second-order valence-corrected chi connectivity index (χ2v) is 10.7. The van der Waals surface area contributed by atoms with Crippen molar-refractivity contribution in [1.82, 2.24) is 4.90 Å². The van der Waals surface area contributed by atoms with Crippen molar-refractivity contribution in [1.29, 1.82) is 0 Å². The number of amides is 3. The Bertz CT molecular complexity index is 900. The fourth-order valence-corrected chi connectivity index (χ4v) is 7.11. The summed E-state index contributed by atoms with van der Waals surface area (Å²) >= 11 is 7.30. The lowest BCUT2D eigenvalue weighted by Crippen LogP contribution is -2.37. The second-order valence-electron chi connectivity index (χ2n) is 8.56. The van der Waals surface area contributed by atoms with Crippen LogP contribution < -0.4 is 5.32 Å². The smallest absolute Gasteiger partial charge is 0.308 e. The number of carbonyl (C=O) groups is 4. The molecular weight excluding hydrogens is 532 g/mol. The van der Waals surface area contributed by atoms with Crippen molar-refractivity contribution >= 4 is 61.2 Å². The van der Waals surface area contributed by atoms with Crippen molar-refractivity contribution in [2.75, 3.05) is 18.5 Å². The average Bonchev–Trinajstić information content (AvgIpc) is 3.33. The average molecular weight is 556 g/mol. The van der Waals surface area contributed by atoms with Gasteiger partial charge >= 0.3 is 5.97 Å². The lowest BCUT2D eigenvalue weighted by atomic mass is 9.81. The van der Waals surface area contributed by atoms with Crippen LogP contribution in [-0.4, -0.2) is 51.4 Å². The lowest BCUT2D eigenvalue weighted by Gasteiger charge is -2.28. The van der Waals surface area contributed by atoms with Crippen molar-refractivity contribution in [2.45, 2.75) is 36.3 Å². The molecule has 3 fully saturated rings. The Hall–Kier alpha value is -1.74. The number of alkyl halides is 2. The molecule has 3 amide bonds. The molecule has 1 heterocycles. The van der Waals surface area contributed by atoms with Gasteiger partial charge < -0.3 is 10.1 Å². The summed E-state index contributed by atoms with van der Waals surface area (Å²) in [4.78, 5) is 51.5. The van der Waals surface area contributed by atoms with E-state index in [4.69, 9.17) is 4.74 Å². The van der Waals surface area contributed by atoms with E-state index in [1.807, 2.05) is 32.0 Å². The maximum atomic E-state index is 12.8. The topological polar surface area (TPSA) is 92.8 Å². The Morgan fingerprint density at radius 2 is 1.61 bits per heavy atom. The number of halogens is 2. The number of hydrogen-bond donors (Lipinski definition) is 1. The van der Waals surface area contributed by atoms with Gasteiger partial charge in [0.1, 0.15) is 0 Å². The van der Waals surface area contributed by atoms with Crippen molar-refractivity contribution in [2.24, 2.45) is 23.7 Å². The van der Waals surface area contributed by atoms with Gasteiger partial charge in [-0.3, -0.25) is 24.1 Å². The third-order valence-corrected chi connectivity index (χ3v) is 9.93. The van der Waals surface area contributed by atoms with Gasteiger partial charge in [0.05, 0.1) is 18.3 Å². The van der Waals surface area contributed by atoms with Crippen LogP contribution in [0.25, 0.3) is 0 Å². The van der Waals surface area contributed by atoms with E-state index in [0.29, 0.717) is 5.69 Å². The third kappa shape index (κ3) is 3.95. The maximum absolute atomic E-state index is 12.8. The number of benzene rings is 1. The number of anilines is 1. The Kier molecular flexibility index (Phi) is 6.27. The number of rotatable bonds is 6. The first kappa shape index (κ1) is 22.5. The number of hydrogen-bond acceptors (Lipinski definition) is 5. The zero-order valence-electron chi connectivity index (χ0n) is 17.3. The number of esters is 1. The molecule has 1 aromatic rings. The van der Waals surface area contributed by atoms with Gasteiger partial charge in [-0.2, -0.15) is 0 Å². The van der Waals surface area contributed by atoms with Crippen LogP contribution in [0.3, 0.4) is 0 Å². The van der Waals surface area contributed by atoms with E-state index < -0.39 is 18.5 Å². The Morgan fingerprint density at radius 1 is 1.06 bits per heavy atom. The molecule has 2 saturated carbocycles. The zero-order chi connectivity index (χ0) is 22.4. The number of para-hydroxylation sites is 1. The first-order valence-corrected chi connectivity index (χ1v) is 12.2. The summed E-state index contributed by atoms with van der Waals surface area (Å²) in [6, 6.07) is 5.67. The molecule has 2 aliphatic carbocycles. The lowest BCUT2D eigenvalue weighted by molar-refractivity contribution is -0.149. The SMILES string of the molecule is Cc1cccc(C)c1NC(=O)COC(=O)CCN1C(=O)[C@@H]2[C@H]3C[C@@H]([C@H](Br)[C@H]3Br)[C@H]2C1=O. The van der Waals surface area contributed by atoms with Crippen LogP contribution in [0, 0.1) is 37.5 Å². The van der Waals surface area contributed by atoms with Gasteiger partial charge in [-0.25, -0.2) is 0 Å². The predicted octanol–water partition coefficient (Wildman–Crippen LogP) is 2.95. The summed E-state index contributed by atoms with van der Waals surface area (Å²) in [5.74, 6) is -1.74. The van der Waals surface area contributed by atoms with E-state index in [1.165, 1.54) is 4.90 Å². The predicted molar refractivity (Wildman–Crippen MR) is 121 cm³/mol. The van der Waals surface area contributed by atoms with E-state index in [9.17, 15) is 19.2 Å². The van der Waals surface area contributed by atoms with E-state index in [1.54, 1.807) is 0 Å². The Balaban J connectivity index is 1.27. The highest BCUT2D eigenvalue weighted by molar-refractivity contribution is 9.12. The number of likely N-dealkylation sites (tertiary alicyclic amines) is 1. The van der Waals surface area contributed by atoms with Crippen LogP contribution in [0.5, 0.6) is 0 Å². The number of ether oxygens (including phenoxy) is 1. The van der Waals surface area contributed by atoms with Gasteiger partial charge in [0.2, 0.25) is 11.8 Å².